The van der Waals surface area contributed by atoms with Crippen molar-refractivity contribution in [3.63, 3.8) is 0 Å². The Balaban J connectivity index is 3.08. The van der Waals surface area contributed by atoms with Crippen molar-refractivity contribution in [1.82, 2.24) is 0 Å². The van der Waals surface area contributed by atoms with Gasteiger partial charge in [-0.1, -0.05) is 0 Å². The third-order valence-corrected chi connectivity index (χ3v) is 0.766. The van der Waals surface area contributed by atoms with Gasteiger partial charge in [-0.15, -0.1) is 0 Å². The summed E-state index contributed by atoms with van der Waals surface area (Å²) in [5.41, 5.74) is 11.6. The van der Waals surface area contributed by atoms with Crippen LogP contribution in [0.1, 0.15) is 0 Å². The van der Waals surface area contributed by atoms with Crippen LogP contribution in [0.15, 0.2) is 12.1 Å². The summed E-state index contributed by atoms with van der Waals surface area (Å²) in [6.45, 7) is 0. The van der Waals surface area contributed by atoms with Gasteiger partial charge in [-0.25, -0.2) is 0 Å². The van der Waals surface area contributed by atoms with Crippen LogP contribution in [0.5, 0.6) is 0 Å². The van der Waals surface area contributed by atoms with E-state index in [1.54, 1.807) is 12.1 Å². The van der Waals surface area contributed by atoms with Crippen LogP contribution in [0.25, 0.3) is 0 Å². The van der Waals surface area contributed by atoms with E-state index < -0.39 is 0 Å². The van der Waals surface area contributed by atoms with Crippen LogP contribution in [0.2, 0.25) is 0 Å². The van der Waals surface area contributed by atoms with E-state index in [9.17, 15) is 0 Å². The first kappa shape index (κ1) is 4.97. The number of rotatable bonds is 0. The second kappa shape index (κ2) is 1.74. The van der Waals surface area contributed by atoms with E-state index in [0.29, 0.717) is 11.4 Å². The summed E-state index contributed by atoms with van der Waals surface area (Å²) in [4.78, 5) is 0. The number of nitrogen functional groups attached to an aromatic ring is 2. The highest BCUT2D eigenvalue weighted by atomic mass is 14.6. The molecule has 0 aliphatic rings. The van der Waals surface area contributed by atoms with Gasteiger partial charge in [0.15, 0.2) is 0 Å². The minimum absolute atomic E-state index is 0.532. The molecule has 0 amide bonds. The molecular weight excluding hydrogens is 100 g/mol. The van der Waals surface area contributed by atoms with Crippen molar-refractivity contribution in [3.8, 4) is 0 Å². The summed E-state index contributed by atoms with van der Waals surface area (Å²) in [6.07, 6.45) is 0. The molecule has 8 heavy (non-hydrogen) atoms. The third kappa shape index (κ3) is 0.904. The Kier molecular flexibility index (Phi) is 1.08. The largest absolute Gasteiger partial charge is 0.398 e. The Labute approximate surface area is 48.1 Å². The normalized spacial score (nSPS) is 9.00. The van der Waals surface area contributed by atoms with Crippen LogP contribution >= 0.6 is 0 Å². The third-order valence-electron chi connectivity index (χ3n) is 0.766. The molecule has 4 N–H and O–H groups in total. The summed E-state index contributed by atoms with van der Waals surface area (Å²) in [5.74, 6) is 0. The zero-order valence-electron chi connectivity index (χ0n) is 4.31. The van der Waals surface area contributed by atoms with Gasteiger partial charge in [0, 0.05) is 17.4 Å². The maximum atomic E-state index is 5.29. The molecule has 0 fully saturated rings. The molecule has 0 heterocycles. The molecular formula is C6H6N2. The second-order valence-corrected chi connectivity index (χ2v) is 1.49. The first-order valence-electron chi connectivity index (χ1n) is 2.23. The van der Waals surface area contributed by atoms with Gasteiger partial charge >= 0.3 is 0 Å². The van der Waals surface area contributed by atoms with Crippen LogP contribution in [0, 0.1) is 12.1 Å². The van der Waals surface area contributed by atoms with Crippen molar-refractivity contribution in [3.05, 3.63) is 24.3 Å². The van der Waals surface area contributed by atoms with Gasteiger partial charge in [-0.3, -0.25) is 0 Å². The zero-order valence-corrected chi connectivity index (χ0v) is 4.31. The Morgan fingerprint density at radius 2 is 1.62 bits per heavy atom. The van der Waals surface area contributed by atoms with E-state index in [2.05, 4.69) is 12.1 Å². The van der Waals surface area contributed by atoms with E-state index in [1.165, 1.54) is 0 Å². The Morgan fingerprint density at radius 3 is 1.88 bits per heavy atom. The molecule has 0 unspecified atom stereocenters. The lowest BCUT2D eigenvalue weighted by molar-refractivity contribution is 1.64. The molecule has 0 spiro atoms. The van der Waals surface area contributed by atoms with Crippen molar-refractivity contribution >= 4 is 11.4 Å². The fourth-order valence-electron chi connectivity index (χ4n) is 0.460. The summed E-state index contributed by atoms with van der Waals surface area (Å²) < 4.78 is 0. The van der Waals surface area contributed by atoms with Crippen LogP contribution < -0.4 is 11.5 Å². The zero-order chi connectivity index (χ0) is 5.98. The molecule has 0 aromatic heterocycles. The lowest BCUT2D eigenvalue weighted by Crippen LogP contribution is -1.88. The van der Waals surface area contributed by atoms with Crippen molar-refractivity contribution in [2.24, 2.45) is 0 Å². The average Bonchev–Trinajstić information content (AvgIpc) is 1.64. The lowest BCUT2D eigenvalue weighted by Gasteiger charge is -1.89. The van der Waals surface area contributed by atoms with Crippen molar-refractivity contribution in [1.29, 1.82) is 0 Å². The second-order valence-electron chi connectivity index (χ2n) is 1.49. The van der Waals surface area contributed by atoms with Crippen molar-refractivity contribution in [2.45, 2.75) is 0 Å². The molecule has 0 atom stereocenters. The molecule has 1 aromatic carbocycles. The Hall–Kier alpha value is -1.18. The number of anilines is 2. The van der Waals surface area contributed by atoms with E-state index in [0.717, 1.165) is 0 Å². The number of nitrogens with two attached hydrogens (primary N) is 2. The van der Waals surface area contributed by atoms with Gasteiger partial charge in [0.1, 0.15) is 0 Å². The number of hydrogen-bond donors (Lipinski definition) is 2. The van der Waals surface area contributed by atoms with E-state index in [1.807, 2.05) is 0 Å². The molecule has 2 nitrogen and oxygen atoms in total. The van der Waals surface area contributed by atoms with Crippen LogP contribution in [-0.2, 0) is 0 Å². The molecule has 0 saturated heterocycles. The quantitative estimate of drug-likeness (QED) is 0.472. The molecule has 2 radical (unpaired) electrons. The van der Waals surface area contributed by atoms with Crippen LogP contribution in [0.3, 0.4) is 0 Å². The highest BCUT2D eigenvalue weighted by molar-refractivity contribution is 5.48. The molecule has 1 aromatic rings. The van der Waals surface area contributed by atoms with E-state index in [-0.39, 0.29) is 0 Å². The highest BCUT2D eigenvalue weighted by Gasteiger charge is 1.83. The molecule has 1 rings (SSSR count). The summed E-state index contributed by atoms with van der Waals surface area (Å²) in [6, 6.07) is 8.68. The van der Waals surface area contributed by atoms with E-state index in [4.69, 9.17) is 11.5 Å². The Morgan fingerprint density at radius 1 is 1.12 bits per heavy atom. The molecule has 0 saturated carbocycles. The van der Waals surface area contributed by atoms with Crippen LogP contribution in [-0.4, -0.2) is 0 Å². The predicted molar refractivity (Wildman–Crippen MR) is 32.9 cm³/mol. The van der Waals surface area contributed by atoms with E-state index >= 15 is 0 Å². The maximum absolute atomic E-state index is 5.29. The van der Waals surface area contributed by atoms with Gasteiger partial charge in [-0.2, -0.15) is 0 Å². The van der Waals surface area contributed by atoms with Gasteiger partial charge < -0.3 is 11.5 Å². The molecule has 40 valence electrons. The van der Waals surface area contributed by atoms with Crippen molar-refractivity contribution in [2.75, 3.05) is 11.5 Å². The fraction of sp³-hybridized carbons (Fsp3) is 0. The first-order chi connectivity index (χ1) is 3.79. The molecule has 0 bridgehead atoms. The monoisotopic (exact) mass is 106 g/mol. The summed E-state index contributed by atoms with van der Waals surface area (Å²) in [5, 5.41) is 0. The predicted octanol–water partition coefficient (Wildman–Crippen LogP) is 0.451. The number of hydrogen-bond acceptors (Lipinski definition) is 2. The highest BCUT2D eigenvalue weighted by Crippen LogP contribution is 2.04. The maximum Gasteiger partial charge on any atom is 0.0422 e. The van der Waals surface area contributed by atoms with Gasteiger partial charge in [-0.05, 0) is 18.2 Å². The lowest BCUT2D eigenvalue weighted by atomic mass is 10.3. The standard InChI is InChI=1S/C6H6N2/c7-5-2-1-3-6(8)4-5/h2-3H,7-8H2. The average molecular weight is 106 g/mol. The molecule has 2 heteroatoms. The first-order valence-corrected chi connectivity index (χ1v) is 2.23. The minimum atomic E-state index is 0.532. The topological polar surface area (TPSA) is 52.0 Å². The summed E-state index contributed by atoms with van der Waals surface area (Å²) >= 11 is 0. The SMILES string of the molecule is Nc1[c]c(N)c[c]c1. The fourth-order valence-corrected chi connectivity index (χ4v) is 0.460. The summed E-state index contributed by atoms with van der Waals surface area (Å²) in [7, 11) is 0. The van der Waals surface area contributed by atoms with Gasteiger partial charge in [0.25, 0.3) is 0 Å². The van der Waals surface area contributed by atoms with Crippen LogP contribution in [0.4, 0.5) is 11.4 Å². The van der Waals surface area contributed by atoms with Gasteiger partial charge in [0.05, 0.1) is 0 Å². The smallest absolute Gasteiger partial charge is 0.0422 e. The minimum Gasteiger partial charge on any atom is -0.398 e. The number of benzene rings is 1. The van der Waals surface area contributed by atoms with Gasteiger partial charge in [0.2, 0.25) is 0 Å². The Bertz CT molecular complexity index is 166. The van der Waals surface area contributed by atoms with Crippen molar-refractivity contribution < 1.29 is 0 Å². The molecule has 0 aliphatic carbocycles. The molecule has 0 aliphatic heterocycles.